The zero-order chi connectivity index (χ0) is 16.8. The van der Waals surface area contributed by atoms with Crippen LogP contribution in [0.3, 0.4) is 0 Å². The van der Waals surface area contributed by atoms with E-state index in [1.807, 2.05) is 36.6 Å². The van der Waals surface area contributed by atoms with Gasteiger partial charge in [0.05, 0.1) is 7.11 Å². The van der Waals surface area contributed by atoms with Gasteiger partial charge in [0.25, 0.3) is 5.91 Å². The molecule has 6 nitrogen and oxygen atoms in total. The van der Waals surface area contributed by atoms with Gasteiger partial charge in [-0.2, -0.15) is 11.8 Å². The highest BCUT2D eigenvalue weighted by Gasteiger charge is 2.44. The van der Waals surface area contributed by atoms with E-state index in [-0.39, 0.29) is 5.91 Å². The first-order chi connectivity index (χ1) is 11.1. The molecule has 1 heterocycles. The van der Waals surface area contributed by atoms with Crippen LogP contribution >= 0.6 is 11.8 Å². The molecule has 0 aromatic heterocycles. The molecule has 124 valence electrons. The van der Waals surface area contributed by atoms with Crippen LogP contribution in [0.4, 0.5) is 4.79 Å². The summed E-state index contributed by atoms with van der Waals surface area (Å²) in [6.45, 7) is 0. The number of hydrogen-bond acceptors (Lipinski definition) is 5. The number of nitrogens with one attached hydrogen (secondary N) is 1. The van der Waals surface area contributed by atoms with Crippen LogP contribution in [0.5, 0.6) is 0 Å². The normalized spacial score (nSPS) is 18.7. The van der Waals surface area contributed by atoms with E-state index in [0.29, 0.717) is 18.6 Å². The predicted octanol–water partition coefficient (Wildman–Crippen LogP) is 1.44. The maximum Gasteiger partial charge on any atom is 0.329 e. The summed E-state index contributed by atoms with van der Waals surface area (Å²) in [5.41, 5.74) is 0.951. The summed E-state index contributed by atoms with van der Waals surface area (Å²) in [6.07, 6.45) is 2.68. The van der Waals surface area contributed by atoms with Crippen LogP contribution in [0.25, 0.3) is 0 Å². The SMILES string of the molecule is COC(=O)C(CCSC)N1C(=O)NC(Cc2ccccc2)C1=O. The average molecular weight is 336 g/mol. The lowest BCUT2D eigenvalue weighted by Crippen LogP contribution is -2.46. The van der Waals surface area contributed by atoms with Gasteiger partial charge in [-0.1, -0.05) is 30.3 Å². The van der Waals surface area contributed by atoms with Crippen LogP contribution in [0, 0.1) is 0 Å². The first-order valence-electron chi connectivity index (χ1n) is 7.32. The number of rotatable bonds is 7. The largest absolute Gasteiger partial charge is 0.467 e. The number of esters is 1. The molecule has 7 heteroatoms. The van der Waals surface area contributed by atoms with E-state index < -0.39 is 24.1 Å². The van der Waals surface area contributed by atoms with Crippen molar-refractivity contribution in [3.63, 3.8) is 0 Å². The molecule has 1 saturated heterocycles. The fraction of sp³-hybridized carbons (Fsp3) is 0.438. The molecule has 1 aliphatic rings. The van der Waals surface area contributed by atoms with Crippen molar-refractivity contribution < 1.29 is 19.1 Å². The van der Waals surface area contributed by atoms with Crippen LogP contribution < -0.4 is 5.32 Å². The Balaban J connectivity index is 2.13. The van der Waals surface area contributed by atoms with Gasteiger partial charge in [0.15, 0.2) is 0 Å². The predicted molar refractivity (Wildman–Crippen MR) is 88.1 cm³/mol. The number of amides is 3. The number of carbonyl (C=O) groups is 3. The molecular weight excluding hydrogens is 316 g/mol. The number of hydrogen-bond donors (Lipinski definition) is 1. The molecule has 1 fully saturated rings. The van der Waals surface area contributed by atoms with Crippen LogP contribution in [0.2, 0.25) is 0 Å². The molecule has 1 aromatic carbocycles. The van der Waals surface area contributed by atoms with Crippen LogP contribution in [0.15, 0.2) is 30.3 Å². The van der Waals surface area contributed by atoms with Crippen molar-refractivity contribution in [1.82, 2.24) is 10.2 Å². The minimum absolute atomic E-state index is 0.379. The molecule has 2 rings (SSSR count). The summed E-state index contributed by atoms with van der Waals surface area (Å²) in [7, 11) is 1.26. The zero-order valence-electron chi connectivity index (χ0n) is 13.2. The Morgan fingerprint density at radius 3 is 2.65 bits per heavy atom. The maximum absolute atomic E-state index is 12.6. The number of imide groups is 1. The van der Waals surface area contributed by atoms with E-state index in [1.54, 1.807) is 11.8 Å². The maximum atomic E-state index is 12.6. The summed E-state index contributed by atoms with van der Waals surface area (Å²) < 4.78 is 4.75. The lowest BCUT2D eigenvalue weighted by Gasteiger charge is -2.22. The van der Waals surface area contributed by atoms with Crippen molar-refractivity contribution in [3.05, 3.63) is 35.9 Å². The topological polar surface area (TPSA) is 75.7 Å². The third kappa shape index (κ3) is 4.04. The standard InChI is InChI=1S/C16H20N2O4S/c1-22-15(20)13(8-9-23-2)18-14(19)12(17-16(18)21)10-11-6-4-3-5-7-11/h3-7,12-13H,8-10H2,1-2H3,(H,17,21). The molecule has 0 saturated carbocycles. The third-order valence-corrected chi connectivity index (χ3v) is 4.36. The summed E-state index contributed by atoms with van der Waals surface area (Å²) in [5, 5.41) is 2.66. The number of ether oxygens (including phenoxy) is 1. The van der Waals surface area contributed by atoms with Crippen LogP contribution in [0.1, 0.15) is 12.0 Å². The van der Waals surface area contributed by atoms with E-state index in [4.69, 9.17) is 4.74 Å². The molecule has 1 aromatic rings. The van der Waals surface area contributed by atoms with Gasteiger partial charge < -0.3 is 10.1 Å². The van der Waals surface area contributed by atoms with Crippen molar-refractivity contribution in [2.75, 3.05) is 19.1 Å². The molecule has 3 amide bonds. The molecule has 1 N–H and O–H groups in total. The number of thioether (sulfide) groups is 1. The van der Waals surface area contributed by atoms with Gasteiger partial charge in [-0.15, -0.1) is 0 Å². The van der Waals surface area contributed by atoms with Gasteiger partial charge in [-0.3, -0.25) is 4.79 Å². The molecule has 0 bridgehead atoms. The Morgan fingerprint density at radius 2 is 2.04 bits per heavy atom. The summed E-state index contributed by atoms with van der Waals surface area (Å²) in [5.74, 6) is -0.293. The van der Waals surface area contributed by atoms with Crippen molar-refractivity contribution in [2.45, 2.75) is 24.9 Å². The lowest BCUT2D eigenvalue weighted by molar-refractivity contribution is -0.149. The van der Waals surface area contributed by atoms with Crippen molar-refractivity contribution >= 4 is 29.7 Å². The number of nitrogens with zero attached hydrogens (tertiary/aromatic N) is 1. The van der Waals surface area contributed by atoms with Gasteiger partial charge in [0.1, 0.15) is 12.1 Å². The summed E-state index contributed by atoms with van der Waals surface area (Å²) >= 11 is 1.55. The Morgan fingerprint density at radius 1 is 1.35 bits per heavy atom. The van der Waals surface area contributed by atoms with E-state index >= 15 is 0 Å². The monoisotopic (exact) mass is 336 g/mol. The van der Waals surface area contributed by atoms with E-state index in [1.165, 1.54) is 7.11 Å². The Hall–Kier alpha value is -2.02. The van der Waals surface area contributed by atoms with Gasteiger partial charge in [0.2, 0.25) is 0 Å². The first kappa shape index (κ1) is 17.3. The highest BCUT2D eigenvalue weighted by atomic mass is 32.2. The number of benzene rings is 1. The van der Waals surface area contributed by atoms with Crippen molar-refractivity contribution in [3.8, 4) is 0 Å². The second-order valence-corrected chi connectivity index (χ2v) is 6.21. The second-order valence-electron chi connectivity index (χ2n) is 5.22. The van der Waals surface area contributed by atoms with E-state index in [2.05, 4.69) is 5.32 Å². The van der Waals surface area contributed by atoms with Crippen LogP contribution in [-0.2, 0) is 20.7 Å². The smallest absolute Gasteiger partial charge is 0.329 e. The highest BCUT2D eigenvalue weighted by Crippen LogP contribution is 2.18. The molecule has 0 spiro atoms. The number of methoxy groups -OCH3 is 1. The molecule has 0 aliphatic carbocycles. The molecule has 2 atom stereocenters. The van der Waals surface area contributed by atoms with Gasteiger partial charge in [0, 0.05) is 6.42 Å². The zero-order valence-corrected chi connectivity index (χ0v) is 14.0. The number of urea groups is 1. The lowest BCUT2D eigenvalue weighted by atomic mass is 10.1. The van der Waals surface area contributed by atoms with Gasteiger partial charge in [-0.05, 0) is 24.0 Å². The average Bonchev–Trinajstić information content (AvgIpc) is 2.83. The summed E-state index contributed by atoms with van der Waals surface area (Å²) in [4.78, 5) is 37.7. The van der Waals surface area contributed by atoms with Crippen molar-refractivity contribution in [1.29, 1.82) is 0 Å². The summed E-state index contributed by atoms with van der Waals surface area (Å²) in [6, 6.07) is 7.38. The molecule has 23 heavy (non-hydrogen) atoms. The third-order valence-electron chi connectivity index (χ3n) is 3.72. The Kier molecular flexibility index (Phi) is 6.04. The van der Waals surface area contributed by atoms with Gasteiger partial charge in [-0.25, -0.2) is 14.5 Å². The molecule has 2 unspecified atom stereocenters. The number of carbonyl (C=O) groups excluding carboxylic acids is 3. The molecule has 0 radical (unpaired) electrons. The Labute approximate surface area is 139 Å². The first-order valence-corrected chi connectivity index (χ1v) is 8.72. The fourth-order valence-electron chi connectivity index (χ4n) is 2.55. The minimum atomic E-state index is -0.874. The van der Waals surface area contributed by atoms with E-state index in [0.717, 1.165) is 10.5 Å². The molecular formula is C16H20N2O4S. The van der Waals surface area contributed by atoms with Crippen molar-refractivity contribution in [2.24, 2.45) is 0 Å². The van der Waals surface area contributed by atoms with Crippen LogP contribution in [-0.4, -0.2) is 54.0 Å². The quantitative estimate of drug-likeness (QED) is 0.602. The fourth-order valence-corrected chi connectivity index (χ4v) is 3.01. The minimum Gasteiger partial charge on any atom is -0.467 e. The Bertz CT molecular complexity index is 579. The van der Waals surface area contributed by atoms with E-state index in [9.17, 15) is 14.4 Å². The van der Waals surface area contributed by atoms with Gasteiger partial charge >= 0.3 is 12.0 Å². The molecule has 1 aliphatic heterocycles. The second kappa shape index (κ2) is 8.01. The highest BCUT2D eigenvalue weighted by molar-refractivity contribution is 7.98.